The van der Waals surface area contributed by atoms with E-state index in [4.69, 9.17) is 4.74 Å². The van der Waals surface area contributed by atoms with E-state index in [0.29, 0.717) is 19.0 Å². The SMILES string of the molecule is CC(C)(OC(O)N1CCC(O)CC1)C1CCCCC1. The smallest absolute Gasteiger partial charge is 0.216 e. The Kier molecular flexibility index (Phi) is 5.23. The maximum Gasteiger partial charge on any atom is 0.216 e. The van der Waals surface area contributed by atoms with Crippen molar-refractivity contribution in [2.45, 2.75) is 76.9 Å². The molecule has 2 N–H and O–H groups in total. The first-order valence-electron chi connectivity index (χ1n) is 7.77. The molecule has 1 heterocycles. The fraction of sp³-hybridized carbons (Fsp3) is 1.00. The van der Waals surface area contributed by atoms with Gasteiger partial charge in [0.05, 0.1) is 11.7 Å². The van der Waals surface area contributed by atoms with Gasteiger partial charge < -0.3 is 14.9 Å². The number of rotatable bonds is 4. The second-order valence-corrected chi connectivity index (χ2v) is 6.65. The number of ether oxygens (including phenoxy) is 1. The highest BCUT2D eigenvalue weighted by Gasteiger charge is 2.35. The van der Waals surface area contributed by atoms with Gasteiger partial charge in [0, 0.05) is 13.1 Å². The third-order valence-corrected chi connectivity index (χ3v) is 4.81. The summed E-state index contributed by atoms with van der Waals surface area (Å²) in [4.78, 5) is 1.93. The van der Waals surface area contributed by atoms with E-state index in [1.54, 1.807) is 0 Å². The number of aliphatic hydroxyl groups is 2. The van der Waals surface area contributed by atoms with Gasteiger partial charge in [-0.05, 0) is 45.4 Å². The summed E-state index contributed by atoms with van der Waals surface area (Å²) in [6, 6.07) is 0. The molecule has 0 spiro atoms. The van der Waals surface area contributed by atoms with Crippen LogP contribution in [0, 0.1) is 5.92 Å². The summed E-state index contributed by atoms with van der Waals surface area (Å²) < 4.78 is 5.95. The molecule has 4 heteroatoms. The van der Waals surface area contributed by atoms with Gasteiger partial charge in [-0.1, -0.05) is 19.3 Å². The fourth-order valence-electron chi connectivity index (χ4n) is 3.35. The Balaban J connectivity index is 1.84. The highest BCUT2D eigenvalue weighted by molar-refractivity contribution is 4.83. The van der Waals surface area contributed by atoms with Crippen LogP contribution in [0.2, 0.25) is 0 Å². The lowest BCUT2D eigenvalue weighted by Crippen LogP contribution is -2.49. The lowest BCUT2D eigenvalue weighted by Gasteiger charge is -2.41. The molecule has 2 fully saturated rings. The molecule has 112 valence electrons. The summed E-state index contributed by atoms with van der Waals surface area (Å²) in [5.41, 5.74) is -0.268. The number of likely N-dealkylation sites (tertiary alicyclic amines) is 1. The maximum atomic E-state index is 10.2. The van der Waals surface area contributed by atoms with E-state index in [0.717, 1.165) is 12.8 Å². The topological polar surface area (TPSA) is 52.9 Å². The maximum absolute atomic E-state index is 10.2. The summed E-state index contributed by atoms with van der Waals surface area (Å²) in [5.74, 6) is 0.547. The third-order valence-electron chi connectivity index (χ3n) is 4.81. The first kappa shape index (κ1) is 15.2. The van der Waals surface area contributed by atoms with Crippen molar-refractivity contribution in [1.82, 2.24) is 4.90 Å². The Bertz CT molecular complexity index is 269. The summed E-state index contributed by atoms with van der Waals surface area (Å²) in [7, 11) is 0. The Labute approximate surface area is 116 Å². The first-order valence-corrected chi connectivity index (χ1v) is 7.77. The molecule has 0 radical (unpaired) electrons. The predicted molar refractivity (Wildman–Crippen MR) is 74.6 cm³/mol. The molecule has 0 aromatic heterocycles. The summed E-state index contributed by atoms with van der Waals surface area (Å²) in [5, 5.41) is 19.7. The zero-order valence-electron chi connectivity index (χ0n) is 12.3. The molecule has 1 unspecified atom stereocenters. The molecule has 1 atom stereocenters. The number of piperidine rings is 1. The van der Waals surface area contributed by atoms with E-state index in [-0.39, 0.29) is 11.7 Å². The average Bonchev–Trinajstić information content (AvgIpc) is 2.40. The first-order chi connectivity index (χ1) is 8.99. The second kappa shape index (κ2) is 6.53. The number of hydrogen-bond acceptors (Lipinski definition) is 4. The molecule has 0 bridgehead atoms. The van der Waals surface area contributed by atoms with Gasteiger partial charge in [-0.2, -0.15) is 0 Å². The molecule has 1 saturated heterocycles. The van der Waals surface area contributed by atoms with Crippen molar-refractivity contribution in [2.75, 3.05) is 13.1 Å². The molecule has 19 heavy (non-hydrogen) atoms. The Hall–Kier alpha value is -0.160. The van der Waals surface area contributed by atoms with Gasteiger partial charge in [0.25, 0.3) is 0 Å². The largest absolute Gasteiger partial charge is 0.393 e. The lowest BCUT2D eigenvalue weighted by molar-refractivity contribution is -0.263. The Morgan fingerprint density at radius 1 is 1.05 bits per heavy atom. The van der Waals surface area contributed by atoms with Crippen LogP contribution in [0.1, 0.15) is 58.8 Å². The number of nitrogens with zero attached hydrogens (tertiary/aromatic N) is 1. The van der Waals surface area contributed by atoms with Gasteiger partial charge >= 0.3 is 0 Å². The molecule has 2 rings (SSSR count). The monoisotopic (exact) mass is 271 g/mol. The highest BCUT2D eigenvalue weighted by Crippen LogP contribution is 2.35. The molecule has 1 aliphatic carbocycles. The molecular weight excluding hydrogens is 242 g/mol. The van der Waals surface area contributed by atoms with E-state index >= 15 is 0 Å². The van der Waals surface area contributed by atoms with Crippen LogP contribution in [0.4, 0.5) is 0 Å². The lowest BCUT2D eigenvalue weighted by atomic mass is 9.79. The van der Waals surface area contributed by atoms with Crippen LogP contribution in [0.3, 0.4) is 0 Å². The van der Waals surface area contributed by atoms with Crippen molar-refractivity contribution in [2.24, 2.45) is 5.92 Å². The predicted octanol–water partition coefficient (Wildman–Crippen LogP) is 2.09. The van der Waals surface area contributed by atoms with Crippen molar-refractivity contribution in [1.29, 1.82) is 0 Å². The zero-order valence-corrected chi connectivity index (χ0v) is 12.3. The minimum atomic E-state index is -0.829. The standard InChI is InChI=1S/C15H29NO3/c1-15(2,12-6-4-3-5-7-12)19-14(18)16-10-8-13(17)9-11-16/h12-14,17-18H,3-11H2,1-2H3. The van der Waals surface area contributed by atoms with Crippen molar-refractivity contribution in [3.8, 4) is 0 Å². The third kappa shape index (κ3) is 4.15. The van der Waals surface area contributed by atoms with Crippen molar-refractivity contribution in [3.63, 3.8) is 0 Å². The van der Waals surface area contributed by atoms with Crippen LogP contribution < -0.4 is 0 Å². The van der Waals surface area contributed by atoms with Gasteiger partial charge in [0.1, 0.15) is 0 Å². The van der Waals surface area contributed by atoms with Crippen LogP contribution in [-0.2, 0) is 4.74 Å². The minimum absolute atomic E-state index is 0.213. The van der Waals surface area contributed by atoms with Crippen molar-refractivity contribution in [3.05, 3.63) is 0 Å². The van der Waals surface area contributed by atoms with E-state index in [2.05, 4.69) is 13.8 Å². The Morgan fingerprint density at radius 2 is 1.63 bits per heavy atom. The van der Waals surface area contributed by atoms with Crippen LogP contribution >= 0.6 is 0 Å². The second-order valence-electron chi connectivity index (χ2n) is 6.65. The van der Waals surface area contributed by atoms with Gasteiger partial charge in [-0.25, -0.2) is 0 Å². The number of hydrogen-bond donors (Lipinski definition) is 2. The molecule has 2 aliphatic rings. The summed E-state index contributed by atoms with van der Waals surface area (Å²) >= 11 is 0. The molecule has 1 saturated carbocycles. The fourth-order valence-corrected chi connectivity index (χ4v) is 3.35. The summed E-state index contributed by atoms with van der Waals surface area (Å²) in [6.07, 6.45) is 6.72. The minimum Gasteiger partial charge on any atom is -0.393 e. The highest BCUT2D eigenvalue weighted by atomic mass is 16.6. The molecular formula is C15H29NO3. The van der Waals surface area contributed by atoms with Gasteiger partial charge in [-0.15, -0.1) is 0 Å². The Morgan fingerprint density at radius 3 is 2.21 bits per heavy atom. The van der Waals surface area contributed by atoms with Crippen LogP contribution in [0.5, 0.6) is 0 Å². The molecule has 1 aliphatic heterocycles. The summed E-state index contributed by atoms with van der Waals surface area (Å²) in [6.45, 7) is 5.63. The molecule has 4 nitrogen and oxygen atoms in total. The quantitative estimate of drug-likeness (QED) is 0.769. The number of aliphatic hydroxyl groups excluding tert-OH is 2. The normalized spacial score (nSPS) is 26.5. The van der Waals surface area contributed by atoms with Crippen molar-refractivity contribution < 1.29 is 14.9 Å². The van der Waals surface area contributed by atoms with Gasteiger partial charge in [-0.3, -0.25) is 4.90 Å². The zero-order chi connectivity index (χ0) is 13.9. The van der Waals surface area contributed by atoms with Gasteiger partial charge in [0.15, 0.2) is 0 Å². The van der Waals surface area contributed by atoms with Crippen LogP contribution in [0.25, 0.3) is 0 Å². The average molecular weight is 271 g/mol. The molecule has 0 aromatic rings. The van der Waals surface area contributed by atoms with E-state index in [1.807, 2.05) is 4.90 Å². The van der Waals surface area contributed by atoms with Crippen LogP contribution in [0.15, 0.2) is 0 Å². The van der Waals surface area contributed by atoms with E-state index < -0.39 is 6.41 Å². The van der Waals surface area contributed by atoms with Gasteiger partial charge in [0.2, 0.25) is 6.41 Å². The molecule has 0 aromatic carbocycles. The van der Waals surface area contributed by atoms with E-state index in [9.17, 15) is 10.2 Å². The van der Waals surface area contributed by atoms with Crippen LogP contribution in [-0.4, -0.2) is 46.3 Å². The molecule has 0 amide bonds. The van der Waals surface area contributed by atoms with E-state index in [1.165, 1.54) is 32.1 Å². The van der Waals surface area contributed by atoms with Crippen molar-refractivity contribution >= 4 is 0 Å².